The van der Waals surface area contributed by atoms with Gasteiger partial charge in [0.1, 0.15) is 6.61 Å². The Morgan fingerprint density at radius 1 is 1.20 bits per heavy atom. The molecule has 0 fully saturated rings. The minimum atomic E-state index is -0.650. The van der Waals surface area contributed by atoms with Crippen molar-refractivity contribution in [2.24, 2.45) is 0 Å². The maximum atomic E-state index is 12.4. The molecule has 3 aromatic rings. The van der Waals surface area contributed by atoms with E-state index in [-0.39, 0.29) is 12.5 Å². The van der Waals surface area contributed by atoms with Crippen LogP contribution in [0.4, 0.5) is 0 Å². The molecule has 0 radical (unpaired) electrons. The van der Waals surface area contributed by atoms with E-state index in [9.17, 15) is 4.79 Å². The normalized spacial score (nSPS) is 15.6. The van der Waals surface area contributed by atoms with Crippen LogP contribution in [0.15, 0.2) is 59.6 Å². The molecular weight excluding hydrogens is 336 g/mol. The monoisotopic (exact) mass is 352 g/mol. The number of hydrogen-bond acceptors (Lipinski definition) is 5. The van der Waals surface area contributed by atoms with Crippen LogP contribution >= 0.6 is 11.3 Å². The van der Waals surface area contributed by atoms with E-state index in [4.69, 9.17) is 9.47 Å². The second kappa shape index (κ2) is 6.94. The van der Waals surface area contributed by atoms with Crippen molar-refractivity contribution in [3.05, 3.63) is 65.1 Å². The lowest BCUT2D eigenvalue weighted by Gasteiger charge is -2.25. The number of hydrogen-bond donors (Lipinski definition) is 1. The van der Waals surface area contributed by atoms with Crippen LogP contribution in [0.1, 0.15) is 5.56 Å². The maximum absolute atomic E-state index is 12.4. The van der Waals surface area contributed by atoms with Gasteiger partial charge in [0.2, 0.25) is 6.10 Å². The highest BCUT2D eigenvalue weighted by atomic mass is 32.1. The quantitative estimate of drug-likeness (QED) is 0.783. The summed E-state index contributed by atoms with van der Waals surface area (Å²) in [7, 11) is 0. The van der Waals surface area contributed by atoms with E-state index >= 15 is 0 Å². The lowest BCUT2D eigenvalue weighted by molar-refractivity contribution is -0.130. The summed E-state index contributed by atoms with van der Waals surface area (Å²) < 4.78 is 11.3. The first-order valence-electron chi connectivity index (χ1n) is 7.92. The van der Waals surface area contributed by atoms with Gasteiger partial charge in [-0.2, -0.15) is 11.3 Å². The summed E-state index contributed by atoms with van der Waals surface area (Å²) in [5.41, 5.74) is 3.11. The van der Waals surface area contributed by atoms with Crippen LogP contribution in [-0.4, -0.2) is 23.6 Å². The number of pyridine rings is 1. The zero-order chi connectivity index (χ0) is 17.1. The van der Waals surface area contributed by atoms with E-state index in [0.29, 0.717) is 18.0 Å². The van der Waals surface area contributed by atoms with Crippen molar-refractivity contribution in [3.8, 4) is 22.6 Å². The summed E-state index contributed by atoms with van der Waals surface area (Å²) in [5.74, 6) is 1.06. The van der Waals surface area contributed by atoms with Crippen LogP contribution in [-0.2, 0) is 11.3 Å². The summed E-state index contributed by atoms with van der Waals surface area (Å²) >= 11 is 1.64. The van der Waals surface area contributed by atoms with Crippen molar-refractivity contribution >= 4 is 17.2 Å². The van der Waals surface area contributed by atoms with Crippen molar-refractivity contribution in [1.82, 2.24) is 10.3 Å². The van der Waals surface area contributed by atoms with Crippen LogP contribution < -0.4 is 14.8 Å². The molecule has 25 heavy (non-hydrogen) atoms. The first kappa shape index (κ1) is 15.7. The molecule has 4 rings (SSSR count). The third kappa shape index (κ3) is 3.49. The molecule has 0 spiro atoms. The lowest BCUT2D eigenvalue weighted by Crippen LogP contribution is -2.43. The number of fused-ring (bicyclic) bond motifs is 1. The van der Waals surface area contributed by atoms with E-state index in [1.165, 1.54) is 0 Å². The summed E-state index contributed by atoms with van der Waals surface area (Å²) in [4.78, 5) is 16.6. The van der Waals surface area contributed by atoms with Crippen molar-refractivity contribution in [1.29, 1.82) is 0 Å². The van der Waals surface area contributed by atoms with Gasteiger partial charge in [0, 0.05) is 24.5 Å². The molecule has 6 heteroatoms. The van der Waals surface area contributed by atoms with Crippen LogP contribution in [0.3, 0.4) is 0 Å². The Morgan fingerprint density at radius 2 is 2.08 bits per heavy atom. The number of benzene rings is 1. The molecule has 1 aromatic carbocycles. The van der Waals surface area contributed by atoms with Gasteiger partial charge in [-0.15, -0.1) is 0 Å². The van der Waals surface area contributed by atoms with Gasteiger partial charge in [-0.1, -0.05) is 12.1 Å². The number of carbonyl (C=O) groups excluding carboxylic acids is 1. The van der Waals surface area contributed by atoms with Crippen LogP contribution in [0.25, 0.3) is 11.1 Å². The Labute approximate surface area is 149 Å². The predicted octanol–water partition coefficient (Wildman–Crippen LogP) is 3.27. The summed E-state index contributed by atoms with van der Waals surface area (Å²) in [6.45, 7) is 0.599. The average molecular weight is 352 g/mol. The van der Waals surface area contributed by atoms with Gasteiger partial charge < -0.3 is 14.8 Å². The lowest BCUT2D eigenvalue weighted by atomic mass is 10.1. The number of ether oxygens (including phenoxy) is 2. The molecule has 1 unspecified atom stereocenters. The van der Waals surface area contributed by atoms with Crippen molar-refractivity contribution in [2.45, 2.75) is 12.6 Å². The highest BCUT2D eigenvalue weighted by Crippen LogP contribution is 2.30. The summed E-state index contributed by atoms with van der Waals surface area (Å²) in [6, 6.07) is 11.4. The SMILES string of the molecule is O=C(NCc1cncc(-c2ccsc2)c1)C1COc2ccccc2O1. The maximum Gasteiger partial charge on any atom is 0.264 e. The van der Waals surface area contributed by atoms with E-state index in [1.54, 1.807) is 23.6 Å². The molecule has 0 aliphatic carbocycles. The third-order valence-electron chi connectivity index (χ3n) is 3.92. The molecular formula is C19H16N2O3S. The highest BCUT2D eigenvalue weighted by molar-refractivity contribution is 7.08. The Balaban J connectivity index is 1.39. The Kier molecular flexibility index (Phi) is 4.35. The summed E-state index contributed by atoms with van der Waals surface area (Å²) in [5, 5.41) is 6.99. The van der Waals surface area contributed by atoms with Gasteiger partial charge in [-0.25, -0.2) is 0 Å². The fraction of sp³-hybridized carbons (Fsp3) is 0.158. The first-order valence-corrected chi connectivity index (χ1v) is 8.86. The van der Waals surface area contributed by atoms with Gasteiger partial charge in [0.15, 0.2) is 11.5 Å². The second-order valence-corrected chi connectivity index (χ2v) is 6.46. The molecule has 0 saturated heterocycles. The van der Waals surface area contributed by atoms with E-state index in [0.717, 1.165) is 16.7 Å². The molecule has 0 bridgehead atoms. The van der Waals surface area contributed by atoms with Gasteiger partial charge in [0.05, 0.1) is 0 Å². The van der Waals surface area contributed by atoms with Gasteiger partial charge >= 0.3 is 0 Å². The zero-order valence-electron chi connectivity index (χ0n) is 13.3. The van der Waals surface area contributed by atoms with E-state index in [2.05, 4.69) is 21.7 Å². The standard InChI is InChI=1S/C19H16N2O3S/c22-19(18-11-23-16-3-1-2-4-17(16)24-18)21-9-13-7-15(10-20-8-13)14-5-6-25-12-14/h1-8,10,12,18H,9,11H2,(H,21,22). The van der Waals surface area contributed by atoms with Crippen LogP contribution in [0, 0.1) is 0 Å². The Morgan fingerprint density at radius 3 is 2.92 bits per heavy atom. The smallest absolute Gasteiger partial charge is 0.264 e. The molecule has 126 valence electrons. The average Bonchev–Trinajstić information content (AvgIpc) is 3.21. The molecule has 1 amide bonds. The largest absolute Gasteiger partial charge is 0.485 e. The van der Waals surface area contributed by atoms with Crippen molar-refractivity contribution < 1.29 is 14.3 Å². The fourth-order valence-electron chi connectivity index (χ4n) is 2.62. The third-order valence-corrected chi connectivity index (χ3v) is 4.60. The summed E-state index contributed by atoms with van der Waals surface area (Å²) in [6.07, 6.45) is 2.93. The molecule has 3 heterocycles. The van der Waals surface area contributed by atoms with Gasteiger partial charge in [0.25, 0.3) is 5.91 Å². The number of carbonyl (C=O) groups is 1. The zero-order valence-corrected chi connectivity index (χ0v) is 14.2. The van der Waals surface area contributed by atoms with E-state index < -0.39 is 6.10 Å². The van der Waals surface area contributed by atoms with E-state index in [1.807, 2.05) is 35.8 Å². The van der Waals surface area contributed by atoms with Gasteiger partial charge in [-0.05, 0) is 46.2 Å². The number of nitrogens with zero attached hydrogens (tertiary/aromatic N) is 1. The molecule has 1 aliphatic rings. The molecule has 5 nitrogen and oxygen atoms in total. The number of thiophene rings is 1. The molecule has 1 N–H and O–H groups in total. The van der Waals surface area contributed by atoms with Crippen molar-refractivity contribution in [2.75, 3.05) is 6.61 Å². The molecule has 1 atom stereocenters. The number of rotatable bonds is 4. The number of amides is 1. The second-order valence-electron chi connectivity index (χ2n) is 5.68. The Hall–Kier alpha value is -2.86. The topological polar surface area (TPSA) is 60.5 Å². The minimum Gasteiger partial charge on any atom is -0.485 e. The fourth-order valence-corrected chi connectivity index (χ4v) is 3.29. The first-order chi connectivity index (χ1) is 12.3. The van der Waals surface area contributed by atoms with Crippen LogP contribution in [0.2, 0.25) is 0 Å². The van der Waals surface area contributed by atoms with Crippen LogP contribution in [0.5, 0.6) is 11.5 Å². The van der Waals surface area contributed by atoms with Gasteiger partial charge in [-0.3, -0.25) is 9.78 Å². The minimum absolute atomic E-state index is 0.199. The Bertz CT molecular complexity index is 880. The predicted molar refractivity (Wildman–Crippen MR) is 95.7 cm³/mol. The molecule has 1 aliphatic heterocycles. The highest BCUT2D eigenvalue weighted by Gasteiger charge is 2.26. The number of nitrogens with one attached hydrogen (secondary N) is 1. The molecule has 0 saturated carbocycles. The number of aromatic nitrogens is 1. The number of para-hydroxylation sites is 2. The molecule has 2 aromatic heterocycles. The van der Waals surface area contributed by atoms with Crippen molar-refractivity contribution in [3.63, 3.8) is 0 Å².